The van der Waals surface area contributed by atoms with Crippen LogP contribution in [0, 0.1) is 6.92 Å². The van der Waals surface area contributed by atoms with Crippen molar-refractivity contribution in [3.8, 4) is 5.75 Å². The molecule has 0 aliphatic rings. The molecule has 0 aliphatic carbocycles. The van der Waals surface area contributed by atoms with Crippen LogP contribution in [0.4, 0.5) is 0 Å². The van der Waals surface area contributed by atoms with Crippen LogP contribution in [0.25, 0.3) is 0 Å². The Morgan fingerprint density at radius 3 is 2.37 bits per heavy atom. The maximum absolute atomic E-state index is 9.66. The van der Waals surface area contributed by atoms with E-state index < -0.39 is 0 Å². The molecule has 2 nitrogen and oxygen atoms in total. The van der Waals surface area contributed by atoms with Gasteiger partial charge in [-0.2, -0.15) is 0 Å². The van der Waals surface area contributed by atoms with Gasteiger partial charge in [-0.25, -0.2) is 0 Å². The fourth-order valence-corrected chi connectivity index (χ4v) is 2.29. The molecule has 0 saturated heterocycles. The summed E-state index contributed by atoms with van der Waals surface area (Å²) in [5.74, 6) is 0.910. The van der Waals surface area contributed by atoms with Gasteiger partial charge in [0, 0.05) is 5.92 Å². The van der Waals surface area contributed by atoms with Crippen molar-refractivity contribution < 1.29 is 9.84 Å². The van der Waals surface area contributed by atoms with Gasteiger partial charge in [0.15, 0.2) is 0 Å². The van der Waals surface area contributed by atoms with Crippen molar-refractivity contribution in [1.82, 2.24) is 0 Å². The molecule has 0 amide bonds. The Balaban J connectivity index is 2.22. The number of benzene rings is 2. The number of rotatable bonds is 5. The topological polar surface area (TPSA) is 29.5 Å². The lowest BCUT2D eigenvalue weighted by Gasteiger charge is -2.18. The first-order valence-electron chi connectivity index (χ1n) is 6.54. The summed E-state index contributed by atoms with van der Waals surface area (Å²) >= 11 is 0. The van der Waals surface area contributed by atoms with Crippen molar-refractivity contribution in [3.63, 3.8) is 0 Å². The van der Waals surface area contributed by atoms with Crippen LogP contribution in [0.15, 0.2) is 48.5 Å². The molecule has 19 heavy (non-hydrogen) atoms. The van der Waals surface area contributed by atoms with E-state index in [-0.39, 0.29) is 12.5 Å². The minimum absolute atomic E-state index is 0.0684. The normalized spacial score (nSPS) is 12.2. The zero-order chi connectivity index (χ0) is 13.7. The second-order valence-corrected chi connectivity index (χ2v) is 4.81. The average molecular weight is 256 g/mol. The van der Waals surface area contributed by atoms with Gasteiger partial charge in [-0.05, 0) is 30.5 Å². The highest BCUT2D eigenvalue weighted by atomic mass is 16.5. The molecular formula is C17H20O2. The van der Waals surface area contributed by atoms with Gasteiger partial charge >= 0.3 is 0 Å². The summed E-state index contributed by atoms with van der Waals surface area (Å²) < 4.78 is 5.37. The fraction of sp³-hybridized carbons (Fsp3) is 0.294. The molecule has 2 heteroatoms. The highest BCUT2D eigenvalue weighted by Crippen LogP contribution is 2.28. The van der Waals surface area contributed by atoms with Gasteiger partial charge < -0.3 is 9.84 Å². The zero-order valence-electron chi connectivity index (χ0n) is 11.5. The Hall–Kier alpha value is -1.80. The first-order chi connectivity index (χ1) is 9.24. The number of para-hydroxylation sites is 1. The lowest BCUT2D eigenvalue weighted by molar-refractivity contribution is 0.261. The van der Waals surface area contributed by atoms with E-state index in [9.17, 15) is 5.11 Å². The van der Waals surface area contributed by atoms with E-state index in [0.29, 0.717) is 0 Å². The van der Waals surface area contributed by atoms with E-state index in [1.165, 1.54) is 11.1 Å². The molecule has 2 aromatic rings. The van der Waals surface area contributed by atoms with Gasteiger partial charge in [0.25, 0.3) is 0 Å². The molecular weight excluding hydrogens is 236 g/mol. The Kier molecular flexibility index (Phi) is 4.58. The number of ether oxygens (including phenoxy) is 1. The van der Waals surface area contributed by atoms with Crippen LogP contribution < -0.4 is 4.74 Å². The Bertz CT molecular complexity index is 517. The molecule has 0 radical (unpaired) electrons. The van der Waals surface area contributed by atoms with Crippen LogP contribution in [-0.2, 0) is 6.42 Å². The van der Waals surface area contributed by atoms with E-state index in [1.54, 1.807) is 7.11 Å². The smallest absolute Gasteiger partial charge is 0.122 e. The van der Waals surface area contributed by atoms with Crippen LogP contribution in [0.1, 0.15) is 22.6 Å². The van der Waals surface area contributed by atoms with Crippen molar-refractivity contribution in [1.29, 1.82) is 0 Å². The second kappa shape index (κ2) is 6.39. The monoisotopic (exact) mass is 256 g/mol. The van der Waals surface area contributed by atoms with Crippen molar-refractivity contribution in [2.24, 2.45) is 0 Å². The molecule has 100 valence electrons. The van der Waals surface area contributed by atoms with Crippen LogP contribution in [-0.4, -0.2) is 18.8 Å². The lowest BCUT2D eigenvalue weighted by atomic mass is 9.91. The second-order valence-electron chi connectivity index (χ2n) is 4.81. The Morgan fingerprint density at radius 2 is 1.74 bits per heavy atom. The molecule has 0 aliphatic heterocycles. The average Bonchev–Trinajstić information content (AvgIpc) is 2.46. The third kappa shape index (κ3) is 3.36. The summed E-state index contributed by atoms with van der Waals surface area (Å²) in [6.07, 6.45) is 0.817. The maximum Gasteiger partial charge on any atom is 0.122 e. The molecule has 2 aromatic carbocycles. The van der Waals surface area contributed by atoms with Gasteiger partial charge in [0.1, 0.15) is 5.75 Å². The van der Waals surface area contributed by atoms with Crippen LogP contribution in [0.3, 0.4) is 0 Å². The van der Waals surface area contributed by atoms with Crippen LogP contribution in [0.2, 0.25) is 0 Å². The lowest BCUT2D eigenvalue weighted by Crippen LogP contribution is -2.09. The van der Waals surface area contributed by atoms with Gasteiger partial charge in [-0.1, -0.05) is 48.0 Å². The van der Waals surface area contributed by atoms with E-state index >= 15 is 0 Å². The standard InChI is InChI=1S/C17H20O2/c1-13-7-9-14(10-8-13)11-15(12-18)16-5-3-4-6-17(16)19-2/h3-10,15,18H,11-12H2,1-2H3. The van der Waals surface area contributed by atoms with E-state index in [0.717, 1.165) is 17.7 Å². The van der Waals surface area contributed by atoms with E-state index in [2.05, 4.69) is 31.2 Å². The van der Waals surface area contributed by atoms with Gasteiger partial charge in [0.05, 0.1) is 13.7 Å². The molecule has 0 fully saturated rings. The largest absolute Gasteiger partial charge is 0.496 e. The SMILES string of the molecule is COc1ccccc1C(CO)Cc1ccc(C)cc1. The summed E-state index contributed by atoms with van der Waals surface area (Å²) in [5.41, 5.74) is 3.55. The predicted molar refractivity (Wildman–Crippen MR) is 77.7 cm³/mol. The van der Waals surface area contributed by atoms with Gasteiger partial charge in [-0.15, -0.1) is 0 Å². The fourth-order valence-electron chi connectivity index (χ4n) is 2.29. The zero-order valence-corrected chi connectivity index (χ0v) is 11.5. The van der Waals surface area contributed by atoms with Gasteiger partial charge in [-0.3, -0.25) is 0 Å². The van der Waals surface area contributed by atoms with Crippen molar-refractivity contribution >= 4 is 0 Å². The Labute approximate surface area is 114 Å². The molecule has 0 heterocycles. The molecule has 1 unspecified atom stereocenters. The highest BCUT2D eigenvalue weighted by molar-refractivity contribution is 5.37. The maximum atomic E-state index is 9.66. The summed E-state index contributed by atoms with van der Waals surface area (Å²) in [6, 6.07) is 16.3. The molecule has 0 bridgehead atoms. The van der Waals surface area contributed by atoms with Crippen molar-refractivity contribution in [3.05, 3.63) is 65.2 Å². The molecule has 0 spiro atoms. The van der Waals surface area contributed by atoms with Crippen LogP contribution in [0.5, 0.6) is 5.75 Å². The summed E-state index contributed by atoms with van der Waals surface area (Å²) in [5, 5.41) is 9.66. The van der Waals surface area contributed by atoms with Gasteiger partial charge in [0.2, 0.25) is 0 Å². The minimum Gasteiger partial charge on any atom is -0.496 e. The first kappa shape index (κ1) is 13.6. The first-order valence-corrected chi connectivity index (χ1v) is 6.54. The summed E-state index contributed by atoms with van der Waals surface area (Å²) in [6.45, 7) is 2.20. The van der Waals surface area contributed by atoms with Crippen molar-refractivity contribution in [2.75, 3.05) is 13.7 Å². The number of hydrogen-bond acceptors (Lipinski definition) is 2. The molecule has 1 N–H and O–H groups in total. The number of aliphatic hydroxyl groups excluding tert-OH is 1. The molecule has 2 rings (SSSR count). The van der Waals surface area contributed by atoms with Crippen LogP contribution >= 0.6 is 0 Å². The van der Waals surface area contributed by atoms with E-state index in [1.807, 2.05) is 24.3 Å². The number of hydrogen-bond donors (Lipinski definition) is 1. The van der Waals surface area contributed by atoms with Crippen molar-refractivity contribution in [2.45, 2.75) is 19.3 Å². The molecule has 0 aromatic heterocycles. The third-order valence-electron chi connectivity index (χ3n) is 3.40. The minimum atomic E-state index is 0.0684. The molecule has 1 atom stereocenters. The highest BCUT2D eigenvalue weighted by Gasteiger charge is 2.15. The number of aliphatic hydroxyl groups is 1. The summed E-state index contributed by atoms with van der Waals surface area (Å²) in [4.78, 5) is 0. The third-order valence-corrected chi connectivity index (χ3v) is 3.40. The predicted octanol–water partition coefficient (Wildman–Crippen LogP) is 3.32. The quantitative estimate of drug-likeness (QED) is 0.889. The number of methoxy groups -OCH3 is 1. The number of aryl methyl sites for hydroxylation is 1. The molecule has 0 saturated carbocycles. The van der Waals surface area contributed by atoms with E-state index in [4.69, 9.17) is 4.74 Å². The Morgan fingerprint density at radius 1 is 1.05 bits per heavy atom. The summed E-state index contributed by atoms with van der Waals surface area (Å²) in [7, 11) is 1.67.